The van der Waals surface area contributed by atoms with Crippen LogP contribution in [0.4, 0.5) is 13.2 Å². The summed E-state index contributed by atoms with van der Waals surface area (Å²) in [7, 11) is 1.62. The van der Waals surface area contributed by atoms with Gasteiger partial charge in [0.05, 0.1) is 23.8 Å². The molecule has 4 amide bonds. The van der Waals surface area contributed by atoms with Gasteiger partial charge in [0.1, 0.15) is 42.2 Å². The Morgan fingerprint density at radius 3 is 2.46 bits per heavy atom. The number of nitrogens with zero attached hydrogens (tertiary/aromatic N) is 4. The highest BCUT2D eigenvalue weighted by Crippen LogP contribution is 2.33. The van der Waals surface area contributed by atoms with E-state index in [0.717, 1.165) is 31.4 Å². The van der Waals surface area contributed by atoms with E-state index in [4.69, 9.17) is 4.74 Å². The minimum Gasteiger partial charge on any atom is -0.487 e. The van der Waals surface area contributed by atoms with Gasteiger partial charge in [-0.2, -0.15) is 13.2 Å². The Kier molecular flexibility index (Phi) is 12.8. The number of amides is 4. The van der Waals surface area contributed by atoms with Gasteiger partial charge in [0.15, 0.2) is 0 Å². The van der Waals surface area contributed by atoms with E-state index in [-0.39, 0.29) is 37.5 Å². The number of likely N-dealkylation sites (tertiary alicyclic amines) is 1. The van der Waals surface area contributed by atoms with Crippen molar-refractivity contribution in [2.45, 2.75) is 107 Å². The van der Waals surface area contributed by atoms with E-state index in [1.807, 2.05) is 0 Å². The fraction of sp³-hybridized carbons (Fsp3) is 0.513. The zero-order valence-electron chi connectivity index (χ0n) is 31.6. The summed E-state index contributed by atoms with van der Waals surface area (Å²) in [5.74, 6) is -3.77. The lowest BCUT2D eigenvalue weighted by Gasteiger charge is -2.35. The number of aromatic nitrogens is 3. The number of carboxylic acid groups (broad SMARTS) is 1. The number of alkyl halides is 3. The third-order valence-electron chi connectivity index (χ3n) is 11.0. The van der Waals surface area contributed by atoms with Gasteiger partial charge < -0.3 is 36.0 Å². The van der Waals surface area contributed by atoms with Crippen LogP contribution >= 0.6 is 0 Å². The highest BCUT2D eigenvalue weighted by Gasteiger charge is 2.46. The van der Waals surface area contributed by atoms with Gasteiger partial charge >= 0.3 is 12.1 Å². The van der Waals surface area contributed by atoms with Gasteiger partial charge in [0.25, 0.3) is 0 Å². The molecule has 0 spiro atoms. The molecule has 3 aliphatic heterocycles. The maximum Gasteiger partial charge on any atom is 0.416 e. The molecule has 3 aromatic rings. The summed E-state index contributed by atoms with van der Waals surface area (Å²) in [5.41, 5.74) is 0.0764. The molecule has 7 rings (SSSR count). The van der Waals surface area contributed by atoms with E-state index in [2.05, 4.69) is 31.6 Å². The monoisotopic (exact) mass is 796 g/mol. The number of nitrogens with one attached hydrogen (secondary N) is 4. The average molecular weight is 797 g/mol. The molecule has 1 saturated carbocycles. The molecule has 1 aromatic heterocycles. The minimum absolute atomic E-state index is 0.0102. The Hall–Kier alpha value is -5.52. The summed E-state index contributed by atoms with van der Waals surface area (Å²) < 4.78 is 48.6. The van der Waals surface area contributed by atoms with Gasteiger partial charge in [0, 0.05) is 25.8 Å². The molecule has 1 saturated heterocycles. The number of likely N-dealkylation sites (N-methyl/N-ethyl adjacent to an activating group) is 1. The number of carbonyl (C=O) groups excluding carboxylic acids is 4. The predicted molar refractivity (Wildman–Crippen MR) is 197 cm³/mol. The second kappa shape index (κ2) is 17.7. The topological polar surface area (TPSA) is 197 Å². The molecule has 5 N–H and O–H groups in total. The van der Waals surface area contributed by atoms with Crippen LogP contribution in [0.5, 0.6) is 5.75 Å². The van der Waals surface area contributed by atoms with E-state index >= 15 is 0 Å². The fourth-order valence-corrected chi connectivity index (χ4v) is 7.67. The fourth-order valence-electron chi connectivity index (χ4n) is 7.67. The van der Waals surface area contributed by atoms with Crippen LogP contribution in [0.15, 0.2) is 54.7 Å². The Balaban J connectivity index is 1.38. The number of fused-ring (bicyclic) bond motifs is 9. The molecule has 15 nitrogen and oxygen atoms in total. The maximum absolute atomic E-state index is 14.7. The lowest BCUT2D eigenvalue weighted by molar-refractivity contribution is -0.144. The van der Waals surface area contributed by atoms with Gasteiger partial charge in [-0.05, 0) is 62.1 Å². The van der Waals surface area contributed by atoms with Crippen molar-refractivity contribution in [1.29, 1.82) is 0 Å². The van der Waals surface area contributed by atoms with Gasteiger partial charge in [-0.25, -0.2) is 9.48 Å². The lowest BCUT2D eigenvalue weighted by Crippen LogP contribution is -2.60. The second-order valence-electron chi connectivity index (χ2n) is 15.0. The van der Waals surface area contributed by atoms with Crippen molar-refractivity contribution < 1.29 is 47.0 Å². The van der Waals surface area contributed by atoms with Crippen LogP contribution in [-0.2, 0) is 49.6 Å². The molecule has 2 fully saturated rings. The molecular weight excluding hydrogens is 749 g/mol. The van der Waals surface area contributed by atoms with E-state index in [0.29, 0.717) is 29.8 Å². The number of hydrogen-bond acceptors (Lipinski definition) is 9. The molecule has 18 heteroatoms. The van der Waals surface area contributed by atoms with Crippen LogP contribution in [0, 0.1) is 5.92 Å². The third kappa shape index (κ3) is 10.1. The molecular formula is C39H47F3N8O7. The first-order valence-corrected chi connectivity index (χ1v) is 19.1. The molecule has 0 unspecified atom stereocenters. The van der Waals surface area contributed by atoms with Crippen LogP contribution in [0.2, 0.25) is 0 Å². The highest BCUT2D eigenvalue weighted by molar-refractivity contribution is 5.96. The standard InChI is InChI=1S/C39H47F3N8O7/c1-22(43-2)34(51)46-33(25-8-4-3-5-9-25)37(54)49-20-28-18-32(49)36(53)44-30(17-24-7-6-10-26(15-24)39(40,41)42)35(52)45-31(38(55)56)16-23-11-13-29(14-12-23)57-21-27-19-50(28)48-47-27/h6-7,10-15,19,22,25,28,30-33,43H,3-5,8-9,16-18,20-21H2,1-2H3,(H,44,53)(H,45,52)(H,46,51)(H,55,56)/t22-,28-,30-,31-,32-,33-/m0/s1. The Bertz CT molecular complexity index is 1930. The number of benzene rings is 2. The first-order chi connectivity index (χ1) is 27.2. The summed E-state index contributed by atoms with van der Waals surface area (Å²) in [5, 5.41) is 29.5. The van der Waals surface area contributed by atoms with E-state index < -0.39 is 84.0 Å². The Morgan fingerprint density at radius 1 is 1.04 bits per heavy atom. The summed E-state index contributed by atoms with van der Waals surface area (Å²) in [6.07, 6.45) is 0.427. The highest BCUT2D eigenvalue weighted by atomic mass is 19.4. The van der Waals surface area contributed by atoms with Crippen molar-refractivity contribution in [2.75, 3.05) is 13.6 Å². The SMILES string of the molecule is CN[C@@H](C)C(=O)N[C@H](C(=O)N1C[C@@H]2C[C@H]1C(=O)N[C@@H](Cc1cccc(C(F)(F)F)c1)C(=O)N[C@H](C(=O)O)Cc1ccc(cc1)OCc1cn2nn1)C1CCCCC1. The summed E-state index contributed by atoms with van der Waals surface area (Å²) in [6, 6.07) is 4.40. The van der Waals surface area contributed by atoms with Crippen molar-refractivity contribution in [3.63, 3.8) is 0 Å². The number of carboxylic acids is 1. The molecule has 6 bridgehead atoms. The molecule has 57 heavy (non-hydrogen) atoms. The largest absolute Gasteiger partial charge is 0.487 e. The minimum atomic E-state index is -4.69. The average Bonchev–Trinajstić information content (AvgIpc) is 3.86. The third-order valence-corrected chi connectivity index (χ3v) is 11.0. The second-order valence-corrected chi connectivity index (χ2v) is 15.0. The van der Waals surface area contributed by atoms with Crippen LogP contribution < -0.4 is 26.0 Å². The van der Waals surface area contributed by atoms with Gasteiger partial charge in [0.2, 0.25) is 23.6 Å². The lowest BCUT2D eigenvalue weighted by atomic mass is 9.83. The smallest absolute Gasteiger partial charge is 0.416 e. The number of halogens is 3. The number of rotatable bonds is 8. The number of aliphatic carboxylic acids is 1. The van der Waals surface area contributed by atoms with Gasteiger partial charge in [-0.15, -0.1) is 5.10 Å². The van der Waals surface area contributed by atoms with Crippen molar-refractivity contribution >= 4 is 29.6 Å². The predicted octanol–water partition coefficient (Wildman–Crippen LogP) is 2.54. The molecule has 2 aromatic carbocycles. The number of hydrogen-bond donors (Lipinski definition) is 5. The van der Waals surface area contributed by atoms with Crippen LogP contribution in [0.25, 0.3) is 0 Å². The Labute approximate surface area is 327 Å². The van der Waals surface area contributed by atoms with Crippen molar-refractivity contribution in [1.82, 2.24) is 41.2 Å². The zero-order chi connectivity index (χ0) is 40.9. The molecule has 4 heterocycles. The Morgan fingerprint density at radius 2 is 1.77 bits per heavy atom. The van der Waals surface area contributed by atoms with Gasteiger partial charge in [-0.3, -0.25) is 19.2 Å². The zero-order valence-corrected chi connectivity index (χ0v) is 31.6. The quantitative estimate of drug-likeness (QED) is 0.226. The summed E-state index contributed by atoms with van der Waals surface area (Å²) in [4.78, 5) is 70.2. The molecule has 4 aliphatic rings. The molecule has 1 aliphatic carbocycles. The van der Waals surface area contributed by atoms with Crippen LogP contribution in [0.1, 0.15) is 73.9 Å². The van der Waals surface area contributed by atoms with Gasteiger partial charge in [-0.1, -0.05) is 54.8 Å². The normalized spacial score (nSPS) is 23.2. The van der Waals surface area contributed by atoms with E-state index in [1.54, 1.807) is 44.4 Å². The van der Waals surface area contributed by atoms with Crippen molar-refractivity contribution in [2.24, 2.45) is 5.92 Å². The molecule has 6 atom stereocenters. The van der Waals surface area contributed by atoms with Crippen molar-refractivity contribution in [3.05, 3.63) is 77.1 Å². The van der Waals surface area contributed by atoms with Crippen LogP contribution in [-0.4, -0.2) is 98.4 Å². The first kappa shape index (κ1) is 41.1. The molecule has 306 valence electrons. The maximum atomic E-state index is 14.7. The summed E-state index contributed by atoms with van der Waals surface area (Å²) in [6.45, 7) is 1.67. The van der Waals surface area contributed by atoms with Crippen molar-refractivity contribution in [3.8, 4) is 5.75 Å². The molecule has 0 radical (unpaired) electrons. The van der Waals surface area contributed by atoms with Crippen LogP contribution in [0.3, 0.4) is 0 Å². The first-order valence-electron chi connectivity index (χ1n) is 19.1. The summed E-state index contributed by atoms with van der Waals surface area (Å²) >= 11 is 0. The van der Waals surface area contributed by atoms with E-state index in [9.17, 15) is 42.3 Å². The number of carbonyl (C=O) groups is 5. The van der Waals surface area contributed by atoms with E-state index in [1.165, 1.54) is 21.7 Å². The number of ether oxygens (including phenoxy) is 1.